The minimum Gasteiger partial charge on any atom is -0.497 e. The van der Waals surface area contributed by atoms with Gasteiger partial charge in [-0.1, -0.05) is 18.2 Å². The highest BCUT2D eigenvalue weighted by Crippen LogP contribution is 2.20. The Morgan fingerprint density at radius 3 is 2.72 bits per heavy atom. The second kappa shape index (κ2) is 8.45. The molecule has 1 aliphatic heterocycles. The topological polar surface area (TPSA) is 69.5 Å². The molecule has 0 radical (unpaired) electrons. The summed E-state index contributed by atoms with van der Waals surface area (Å²) in [6.45, 7) is 3.12. The van der Waals surface area contributed by atoms with E-state index in [1.807, 2.05) is 65.1 Å². The molecule has 1 saturated heterocycles. The van der Waals surface area contributed by atoms with Crippen LogP contribution in [-0.4, -0.2) is 51.2 Å². The summed E-state index contributed by atoms with van der Waals surface area (Å²) in [6.07, 6.45) is 5.21. The summed E-state index contributed by atoms with van der Waals surface area (Å²) in [5, 5.41) is 0. The van der Waals surface area contributed by atoms with E-state index in [2.05, 4.69) is 9.97 Å². The summed E-state index contributed by atoms with van der Waals surface area (Å²) in [7, 11) is 1.64. The van der Waals surface area contributed by atoms with Gasteiger partial charge in [-0.25, -0.2) is 9.97 Å². The van der Waals surface area contributed by atoms with E-state index in [4.69, 9.17) is 9.47 Å². The third kappa shape index (κ3) is 4.46. The fourth-order valence-corrected chi connectivity index (χ4v) is 3.51. The van der Waals surface area contributed by atoms with Crippen molar-refractivity contribution < 1.29 is 14.3 Å². The Morgan fingerprint density at radius 2 is 2.00 bits per heavy atom. The molecule has 0 N–H and O–H groups in total. The van der Waals surface area contributed by atoms with Gasteiger partial charge in [0.05, 0.1) is 18.9 Å². The minimum atomic E-state index is -0.538. The number of rotatable bonds is 6. The number of aromatic nitrogens is 3. The first-order chi connectivity index (χ1) is 14.1. The Morgan fingerprint density at radius 1 is 1.17 bits per heavy atom. The molecular weight excluding hydrogens is 368 g/mol. The number of hydrogen-bond donors (Lipinski definition) is 0. The number of benzene rings is 1. The summed E-state index contributed by atoms with van der Waals surface area (Å²) in [4.78, 5) is 23.6. The van der Waals surface area contributed by atoms with E-state index in [0.717, 1.165) is 22.8 Å². The lowest BCUT2D eigenvalue weighted by Crippen LogP contribution is -2.51. The number of carbonyl (C=O) groups is 1. The quantitative estimate of drug-likeness (QED) is 0.645. The van der Waals surface area contributed by atoms with Crippen molar-refractivity contribution in [3.63, 3.8) is 0 Å². The fraction of sp³-hybridized carbons (Fsp3) is 0.318. The molecule has 29 heavy (non-hydrogen) atoms. The van der Waals surface area contributed by atoms with Crippen LogP contribution in [0.25, 0.3) is 5.82 Å². The predicted octanol–water partition coefficient (Wildman–Crippen LogP) is 2.63. The predicted molar refractivity (Wildman–Crippen MR) is 108 cm³/mol. The van der Waals surface area contributed by atoms with E-state index >= 15 is 0 Å². The highest BCUT2D eigenvalue weighted by molar-refractivity contribution is 5.82. The Bertz CT molecular complexity index is 956. The van der Waals surface area contributed by atoms with Gasteiger partial charge in [-0.3, -0.25) is 9.36 Å². The van der Waals surface area contributed by atoms with Crippen molar-refractivity contribution in [1.82, 2.24) is 19.4 Å². The standard InChI is InChI=1S/C22H24N4O3/c1-16-12-25(13-17-6-8-19(28-2)9-7-17)22(27)20(29-16)11-18-14-26(15-24-18)21-5-3-4-10-23-21/h3-10,14-16,20H,11-13H2,1-2H3/t16-,20+/m1/s1. The molecule has 4 rings (SSSR count). The summed E-state index contributed by atoms with van der Waals surface area (Å²) >= 11 is 0. The van der Waals surface area contributed by atoms with Crippen molar-refractivity contribution in [3.05, 3.63) is 72.4 Å². The van der Waals surface area contributed by atoms with Gasteiger partial charge in [0.25, 0.3) is 5.91 Å². The van der Waals surface area contributed by atoms with Crippen LogP contribution in [0.15, 0.2) is 61.2 Å². The first-order valence-electron chi connectivity index (χ1n) is 9.64. The van der Waals surface area contributed by atoms with E-state index in [9.17, 15) is 4.79 Å². The Labute approximate surface area is 169 Å². The van der Waals surface area contributed by atoms with Gasteiger partial charge >= 0.3 is 0 Å². The van der Waals surface area contributed by atoms with Crippen LogP contribution >= 0.6 is 0 Å². The third-order valence-electron chi connectivity index (χ3n) is 4.94. The smallest absolute Gasteiger partial charge is 0.252 e. The normalized spacial score (nSPS) is 19.4. The number of imidazole rings is 1. The van der Waals surface area contributed by atoms with Crippen LogP contribution in [0, 0.1) is 0 Å². The van der Waals surface area contributed by atoms with Crippen molar-refractivity contribution in [2.24, 2.45) is 0 Å². The van der Waals surface area contributed by atoms with Gasteiger partial charge in [-0.2, -0.15) is 0 Å². The molecule has 150 valence electrons. The molecule has 7 heteroatoms. The molecule has 0 saturated carbocycles. The van der Waals surface area contributed by atoms with E-state index in [1.165, 1.54) is 0 Å². The SMILES string of the molecule is COc1ccc(CN2C[C@@H](C)O[C@@H](Cc3cn(-c4ccccn4)cn3)C2=O)cc1. The number of pyridine rings is 1. The Kier molecular flexibility index (Phi) is 5.57. The summed E-state index contributed by atoms with van der Waals surface area (Å²) < 4.78 is 13.0. The molecule has 3 aromatic rings. The molecule has 0 aliphatic carbocycles. The van der Waals surface area contributed by atoms with Crippen molar-refractivity contribution in [2.75, 3.05) is 13.7 Å². The third-order valence-corrected chi connectivity index (χ3v) is 4.94. The number of methoxy groups -OCH3 is 1. The molecule has 2 aromatic heterocycles. The van der Waals surface area contributed by atoms with Crippen LogP contribution in [0.1, 0.15) is 18.2 Å². The van der Waals surface area contributed by atoms with Crippen LogP contribution < -0.4 is 4.74 Å². The van der Waals surface area contributed by atoms with E-state index < -0.39 is 6.10 Å². The molecule has 3 heterocycles. The maximum Gasteiger partial charge on any atom is 0.252 e. The second-order valence-electron chi connectivity index (χ2n) is 7.17. The van der Waals surface area contributed by atoms with E-state index in [1.54, 1.807) is 19.6 Å². The second-order valence-corrected chi connectivity index (χ2v) is 7.17. The average molecular weight is 392 g/mol. The summed E-state index contributed by atoms with van der Waals surface area (Å²) in [5.74, 6) is 1.58. The molecule has 0 bridgehead atoms. The molecule has 1 aliphatic rings. The number of hydrogen-bond acceptors (Lipinski definition) is 5. The zero-order valence-electron chi connectivity index (χ0n) is 16.6. The molecule has 7 nitrogen and oxygen atoms in total. The van der Waals surface area contributed by atoms with Gasteiger partial charge in [0.2, 0.25) is 0 Å². The van der Waals surface area contributed by atoms with Crippen LogP contribution in [0.5, 0.6) is 5.75 Å². The Hall–Kier alpha value is -3.19. The average Bonchev–Trinajstić information content (AvgIpc) is 3.21. The van der Waals surface area contributed by atoms with Gasteiger partial charge in [0, 0.05) is 31.9 Å². The van der Waals surface area contributed by atoms with Gasteiger partial charge < -0.3 is 14.4 Å². The van der Waals surface area contributed by atoms with Gasteiger partial charge in [-0.15, -0.1) is 0 Å². The zero-order chi connectivity index (χ0) is 20.2. The molecular formula is C22H24N4O3. The zero-order valence-corrected chi connectivity index (χ0v) is 16.6. The minimum absolute atomic E-state index is 0.00805. The van der Waals surface area contributed by atoms with Crippen molar-refractivity contribution in [1.29, 1.82) is 0 Å². The number of ether oxygens (including phenoxy) is 2. The lowest BCUT2D eigenvalue weighted by Gasteiger charge is -2.36. The summed E-state index contributed by atoms with van der Waals surface area (Å²) in [5.41, 5.74) is 1.86. The molecule has 0 unspecified atom stereocenters. The highest BCUT2D eigenvalue weighted by Gasteiger charge is 2.33. The molecule has 1 aromatic carbocycles. The lowest BCUT2D eigenvalue weighted by molar-refractivity contribution is -0.161. The van der Waals surface area contributed by atoms with Crippen molar-refractivity contribution in [3.8, 4) is 11.6 Å². The number of morpholine rings is 1. The number of carbonyl (C=O) groups excluding carboxylic acids is 1. The van der Waals surface area contributed by atoms with Crippen LogP contribution in [0.2, 0.25) is 0 Å². The van der Waals surface area contributed by atoms with Crippen molar-refractivity contribution >= 4 is 5.91 Å². The van der Waals surface area contributed by atoms with E-state index in [0.29, 0.717) is 19.5 Å². The van der Waals surface area contributed by atoms with Gasteiger partial charge in [0.1, 0.15) is 24.0 Å². The first kappa shape index (κ1) is 19.1. The number of amides is 1. The molecule has 1 amide bonds. The van der Waals surface area contributed by atoms with E-state index in [-0.39, 0.29) is 12.0 Å². The van der Waals surface area contributed by atoms with Gasteiger partial charge in [-0.05, 0) is 36.8 Å². The summed E-state index contributed by atoms with van der Waals surface area (Å²) in [6, 6.07) is 13.5. The molecule has 2 atom stereocenters. The fourth-order valence-electron chi connectivity index (χ4n) is 3.51. The van der Waals surface area contributed by atoms with Crippen LogP contribution in [0.3, 0.4) is 0 Å². The maximum atomic E-state index is 13.0. The first-order valence-corrected chi connectivity index (χ1v) is 9.64. The molecule has 1 fully saturated rings. The maximum absolute atomic E-state index is 13.0. The largest absolute Gasteiger partial charge is 0.497 e. The molecule has 0 spiro atoms. The van der Waals surface area contributed by atoms with Crippen LogP contribution in [0.4, 0.5) is 0 Å². The lowest BCUT2D eigenvalue weighted by atomic mass is 10.1. The van der Waals surface area contributed by atoms with Crippen LogP contribution in [-0.2, 0) is 22.5 Å². The Balaban J connectivity index is 1.44. The highest BCUT2D eigenvalue weighted by atomic mass is 16.5. The van der Waals surface area contributed by atoms with Crippen molar-refractivity contribution in [2.45, 2.75) is 32.1 Å². The number of nitrogens with zero attached hydrogens (tertiary/aromatic N) is 4. The monoisotopic (exact) mass is 392 g/mol. The van der Waals surface area contributed by atoms with Gasteiger partial charge in [0.15, 0.2) is 0 Å².